The minimum Gasteiger partial charge on any atom is -0.492 e. The first-order valence-corrected chi connectivity index (χ1v) is 6.08. The van der Waals surface area contributed by atoms with Gasteiger partial charge in [-0.3, -0.25) is 4.79 Å². The van der Waals surface area contributed by atoms with Crippen LogP contribution < -0.4 is 15.8 Å². The molecule has 0 bridgehead atoms. The Morgan fingerprint density at radius 2 is 2.06 bits per heavy atom. The zero-order chi connectivity index (χ0) is 13.8. The van der Waals surface area contributed by atoms with Crippen LogP contribution in [0.3, 0.4) is 0 Å². The first kappa shape index (κ1) is 14.4. The molecule has 4 heteroatoms. The van der Waals surface area contributed by atoms with Gasteiger partial charge in [0.05, 0.1) is 6.54 Å². The number of rotatable bonds is 4. The van der Waals surface area contributed by atoms with Crippen molar-refractivity contribution < 1.29 is 9.53 Å². The topological polar surface area (TPSA) is 64.3 Å². The third-order valence-corrected chi connectivity index (χ3v) is 2.58. The highest BCUT2D eigenvalue weighted by Crippen LogP contribution is 2.18. The van der Waals surface area contributed by atoms with Crippen molar-refractivity contribution in [3.05, 3.63) is 23.8 Å². The van der Waals surface area contributed by atoms with E-state index in [0.717, 1.165) is 17.0 Å². The summed E-state index contributed by atoms with van der Waals surface area (Å²) in [4.78, 5) is 11.6. The molecule has 1 aromatic rings. The third kappa shape index (κ3) is 4.28. The van der Waals surface area contributed by atoms with Crippen LogP contribution in [-0.2, 0) is 4.79 Å². The van der Waals surface area contributed by atoms with Gasteiger partial charge in [-0.15, -0.1) is 0 Å². The van der Waals surface area contributed by atoms with Crippen LogP contribution in [0.4, 0.5) is 5.69 Å². The zero-order valence-electron chi connectivity index (χ0n) is 11.5. The standard InChI is InChI=1S/C14H22N2O2/c1-10-9-11(5-6-12(10)15)18-8-7-16-13(17)14(2,3)4/h5-6,9H,7-8,15H2,1-4H3,(H,16,17). The quantitative estimate of drug-likeness (QED) is 0.635. The summed E-state index contributed by atoms with van der Waals surface area (Å²) in [5.74, 6) is 0.797. The molecule has 0 aromatic heterocycles. The SMILES string of the molecule is Cc1cc(OCCNC(=O)C(C)(C)C)ccc1N. The highest BCUT2D eigenvalue weighted by Gasteiger charge is 2.20. The Labute approximate surface area is 109 Å². The van der Waals surface area contributed by atoms with Crippen LogP contribution in [0.2, 0.25) is 0 Å². The molecule has 0 spiro atoms. The normalized spacial score (nSPS) is 11.1. The van der Waals surface area contributed by atoms with Gasteiger partial charge in [0.2, 0.25) is 5.91 Å². The van der Waals surface area contributed by atoms with Crippen molar-refractivity contribution in [1.82, 2.24) is 5.32 Å². The molecule has 4 nitrogen and oxygen atoms in total. The molecule has 1 rings (SSSR count). The second kappa shape index (κ2) is 5.76. The highest BCUT2D eigenvalue weighted by atomic mass is 16.5. The average Bonchev–Trinajstić information content (AvgIpc) is 2.27. The summed E-state index contributed by atoms with van der Waals surface area (Å²) < 4.78 is 5.53. The number of nitrogens with two attached hydrogens (primary N) is 1. The van der Waals surface area contributed by atoms with E-state index in [-0.39, 0.29) is 11.3 Å². The van der Waals surface area contributed by atoms with Crippen molar-refractivity contribution in [3.8, 4) is 5.75 Å². The maximum atomic E-state index is 11.6. The lowest BCUT2D eigenvalue weighted by Crippen LogP contribution is -2.37. The number of carbonyl (C=O) groups is 1. The molecule has 0 aliphatic carbocycles. The van der Waals surface area contributed by atoms with Crippen LogP contribution in [0, 0.1) is 12.3 Å². The molecule has 0 aliphatic rings. The van der Waals surface area contributed by atoms with E-state index in [1.807, 2.05) is 45.9 Å². The molecule has 0 atom stereocenters. The van der Waals surface area contributed by atoms with Crippen LogP contribution in [-0.4, -0.2) is 19.1 Å². The van der Waals surface area contributed by atoms with Gasteiger partial charge in [-0.25, -0.2) is 0 Å². The van der Waals surface area contributed by atoms with Gasteiger partial charge < -0.3 is 15.8 Å². The van der Waals surface area contributed by atoms with E-state index < -0.39 is 0 Å². The van der Waals surface area contributed by atoms with E-state index in [1.54, 1.807) is 0 Å². The first-order chi connectivity index (χ1) is 8.30. The van der Waals surface area contributed by atoms with E-state index in [9.17, 15) is 4.79 Å². The number of ether oxygens (including phenoxy) is 1. The molecule has 3 N–H and O–H groups in total. The van der Waals surface area contributed by atoms with E-state index >= 15 is 0 Å². The summed E-state index contributed by atoms with van der Waals surface area (Å²) in [7, 11) is 0. The summed E-state index contributed by atoms with van der Waals surface area (Å²) in [6.45, 7) is 8.53. The molecule has 0 saturated carbocycles. The van der Waals surface area contributed by atoms with Crippen LogP contribution in [0.1, 0.15) is 26.3 Å². The maximum Gasteiger partial charge on any atom is 0.225 e. The second-order valence-electron chi connectivity index (χ2n) is 5.37. The maximum absolute atomic E-state index is 11.6. The monoisotopic (exact) mass is 250 g/mol. The molecule has 0 aliphatic heterocycles. The summed E-state index contributed by atoms with van der Waals surface area (Å²) in [6.07, 6.45) is 0. The lowest BCUT2D eigenvalue weighted by atomic mass is 9.96. The predicted molar refractivity (Wildman–Crippen MR) is 73.6 cm³/mol. The molecular formula is C14H22N2O2. The number of benzene rings is 1. The lowest BCUT2D eigenvalue weighted by molar-refractivity contribution is -0.128. The number of hydrogen-bond acceptors (Lipinski definition) is 3. The van der Waals surface area contributed by atoms with Gasteiger partial charge in [-0.2, -0.15) is 0 Å². The Morgan fingerprint density at radius 3 is 2.61 bits per heavy atom. The number of anilines is 1. The van der Waals surface area contributed by atoms with E-state index in [2.05, 4.69) is 5.32 Å². The first-order valence-electron chi connectivity index (χ1n) is 6.08. The summed E-state index contributed by atoms with van der Waals surface area (Å²) in [6, 6.07) is 5.53. The molecule has 0 heterocycles. The molecule has 0 fully saturated rings. The summed E-state index contributed by atoms with van der Waals surface area (Å²) in [5, 5.41) is 2.83. The molecule has 1 amide bonds. The Bertz CT molecular complexity index is 422. The molecule has 0 saturated heterocycles. The van der Waals surface area contributed by atoms with Crippen molar-refractivity contribution >= 4 is 11.6 Å². The molecule has 0 unspecified atom stereocenters. The van der Waals surface area contributed by atoms with E-state index in [4.69, 9.17) is 10.5 Å². The van der Waals surface area contributed by atoms with E-state index in [1.165, 1.54) is 0 Å². The van der Waals surface area contributed by atoms with Crippen LogP contribution in [0.5, 0.6) is 5.75 Å². The van der Waals surface area contributed by atoms with Gasteiger partial charge in [0.15, 0.2) is 0 Å². The van der Waals surface area contributed by atoms with Gasteiger partial charge in [0.1, 0.15) is 12.4 Å². The van der Waals surface area contributed by atoms with Crippen molar-refractivity contribution in [2.24, 2.45) is 5.41 Å². The van der Waals surface area contributed by atoms with Crippen molar-refractivity contribution in [3.63, 3.8) is 0 Å². The fraction of sp³-hybridized carbons (Fsp3) is 0.500. The van der Waals surface area contributed by atoms with Crippen LogP contribution >= 0.6 is 0 Å². The lowest BCUT2D eigenvalue weighted by Gasteiger charge is -2.17. The minimum absolute atomic E-state index is 0.0274. The largest absolute Gasteiger partial charge is 0.492 e. The summed E-state index contributed by atoms with van der Waals surface area (Å²) >= 11 is 0. The number of hydrogen-bond donors (Lipinski definition) is 2. The Hall–Kier alpha value is -1.71. The Morgan fingerprint density at radius 1 is 1.39 bits per heavy atom. The second-order valence-corrected chi connectivity index (χ2v) is 5.37. The molecule has 18 heavy (non-hydrogen) atoms. The zero-order valence-corrected chi connectivity index (χ0v) is 11.5. The van der Waals surface area contributed by atoms with Gasteiger partial charge in [0, 0.05) is 11.1 Å². The Balaban J connectivity index is 2.34. The number of amides is 1. The van der Waals surface area contributed by atoms with Gasteiger partial charge in [0.25, 0.3) is 0 Å². The van der Waals surface area contributed by atoms with Gasteiger partial charge in [-0.1, -0.05) is 20.8 Å². The number of aryl methyl sites for hydroxylation is 1. The molecular weight excluding hydrogens is 228 g/mol. The van der Waals surface area contributed by atoms with Crippen molar-refractivity contribution in [2.75, 3.05) is 18.9 Å². The average molecular weight is 250 g/mol. The highest BCUT2D eigenvalue weighted by molar-refractivity contribution is 5.81. The third-order valence-electron chi connectivity index (χ3n) is 2.58. The van der Waals surface area contributed by atoms with Crippen LogP contribution in [0.25, 0.3) is 0 Å². The van der Waals surface area contributed by atoms with Gasteiger partial charge >= 0.3 is 0 Å². The fourth-order valence-electron chi connectivity index (χ4n) is 1.34. The summed E-state index contributed by atoms with van der Waals surface area (Å²) in [5.41, 5.74) is 7.10. The van der Waals surface area contributed by atoms with E-state index in [0.29, 0.717) is 13.2 Å². The molecule has 1 aromatic carbocycles. The number of nitrogen functional groups attached to an aromatic ring is 1. The van der Waals surface area contributed by atoms with Crippen molar-refractivity contribution in [2.45, 2.75) is 27.7 Å². The number of carbonyl (C=O) groups excluding carboxylic acids is 1. The molecule has 0 radical (unpaired) electrons. The Kier molecular flexibility index (Phi) is 4.59. The smallest absolute Gasteiger partial charge is 0.225 e. The number of nitrogens with one attached hydrogen (secondary N) is 1. The van der Waals surface area contributed by atoms with Crippen LogP contribution in [0.15, 0.2) is 18.2 Å². The van der Waals surface area contributed by atoms with Gasteiger partial charge in [-0.05, 0) is 30.7 Å². The molecule has 100 valence electrons. The minimum atomic E-state index is -0.363. The predicted octanol–water partition coefficient (Wildman–Crippen LogP) is 2.12. The fourth-order valence-corrected chi connectivity index (χ4v) is 1.34. The van der Waals surface area contributed by atoms with Crippen molar-refractivity contribution in [1.29, 1.82) is 0 Å².